The van der Waals surface area contributed by atoms with Crippen LogP contribution < -0.4 is 5.73 Å². The van der Waals surface area contributed by atoms with Gasteiger partial charge in [0, 0.05) is 111 Å². The van der Waals surface area contributed by atoms with E-state index in [9.17, 15) is 0 Å². The molecule has 0 amide bonds. The van der Waals surface area contributed by atoms with Crippen LogP contribution in [-0.2, 0) is 4.74 Å². The molecule has 65 heavy (non-hydrogen) atoms. The maximum atomic E-state index is 6.29. The van der Waals surface area contributed by atoms with Gasteiger partial charge in [-0.2, -0.15) is 0 Å². The molecule has 0 spiro atoms. The summed E-state index contributed by atoms with van der Waals surface area (Å²) in [6.45, 7) is 56.8. The number of likely N-dealkylation sites (tertiary alicyclic amines) is 2. The minimum atomic E-state index is 0.303. The Hall–Kier alpha value is -0.440. The summed E-state index contributed by atoms with van der Waals surface area (Å²) in [4.78, 5) is 22.1. The Kier molecular flexibility index (Phi) is 40.0. The van der Waals surface area contributed by atoms with Crippen LogP contribution in [-0.4, -0.2) is 242 Å². The number of morpholine rings is 1. The SMILES string of the molecule is CC(C)CN1CCCCC1.CC(C)CN1CCOCC1.CCCCN1CCCCC1.CCN(CC)CC(C)C.CN(C)CC(C)(C)C.CN1CCN(CC(N)CN2CCN(C)CC2)CC1. The van der Waals surface area contributed by atoms with Crippen LogP contribution in [0.2, 0.25) is 0 Å². The van der Waals surface area contributed by atoms with Crippen molar-refractivity contribution in [3.05, 3.63) is 0 Å². The zero-order valence-electron chi connectivity index (χ0n) is 47.2. The topological polar surface area (TPSA) is 64.4 Å². The van der Waals surface area contributed by atoms with Gasteiger partial charge in [0.2, 0.25) is 0 Å². The Bertz CT molecular complexity index is 940. The summed E-state index contributed by atoms with van der Waals surface area (Å²) < 4.78 is 5.24. The van der Waals surface area contributed by atoms with Crippen LogP contribution >= 0.6 is 0 Å². The molecule has 0 aromatic rings. The number of ether oxygens (including phenoxy) is 1. The molecule has 392 valence electrons. The zero-order chi connectivity index (χ0) is 49.0. The Morgan fingerprint density at radius 1 is 0.508 bits per heavy atom. The van der Waals surface area contributed by atoms with Gasteiger partial charge in [-0.1, -0.05) is 102 Å². The minimum absolute atomic E-state index is 0.303. The van der Waals surface area contributed by atoms with E-state index in [1.807, 2.05) is 0 Å². The number of unbranched alkanes of at least 4 members (excludes halogenated alkanes) is 1. The molecule has 11 heteroatoms. The van der Waals surface area contributed by atoms with Gasteiger partial charge in [0.1, 0.15) is 0 Å². The molecular formula is C54H120N10O. The number of nitrogens with two attached hydrogens (primary N) is 1. The Morgan fingerprint density at radius 2 is 0.892 bits per heavy atom. The Balaban J connectivity index is 0.000000778. The van der Waals surface area contributed by atoms with E-state index in [1.54, 1.807) is 0 Å². The predicted octanol–water partition coefficient (Wildman–Crippen LogP) is 7.76. The van der Waals surface area contributed by atoms with E-state index in [-0.39, 0.29) is 0 Å². The van der Waals surface area contributed by atoms with Crippen molar-refractivity contribution in [2.45, 2.75) is 140 Å². The van der Waals surface area contributed by atoms with Crippen molar-refractivity contribution < 1.29 is 4.74 Å². The second-order valence-electron chi connectivity index (χ2n) is 23.0. The normalized spacial score (nSPS) is 20.4. The first-order valence-corrected chi connectivity index (χ1v) is 27.5. The summed E-state index contributed by atoms with van der Waals surface area (Å²) in [5, 5.41) is 0. The lowest BCUT2D eigenvalue weighted by Crippen LogP contribution is -2.53. The summed E-state index contributed by atoms with van der Waals surface area (Å²) in [6, 6.07) is 0.303. The summed E-state index contributed by atoms with van der Waals surface area (Å²) in [5.74, 6) is 2.45. The maximum absolute atomic E-state index is 6.29. The van der Waals surface area contributed by atoms with E-state index >= 15 is 0 Å². The molecule has 0 bridgehead atoms. The van der Waals surface area contributed by atoms with Gasteiger partial charge >= 0.3 is 0 Å². The molecule has 5 heterocycles. The zero-order valence-corrected chi connectivity index (χ0v) is 47.2. The van der Waals surface area contributed by atoms with Crippen LogP contribution in [0.3, 0.4) is 0 Å². The molecule has 0 aromatic carbocycles. The molecule has 0 atom stereocenters. The fourth-order valence-corrected chi connectivity index (χ4v) is 9.25. The van der Waals surface area contributed by atoms with Gasteiger partial charge in [0.15, 0.2) is 0 Å². The average Bonchev–Trinajstić information content (AvgIpc) is 3.24. The molecular weight excluding hydrogens is 805 g/mol. The van der Waals surface area contributed by atoms with Crippen molar-refractivity contribution in [2.75, 3.05) is 192 Å². The highest BCUT2D eigenvalue weighted by Crippen LogP contribution is 2.13. The van der Waals surface area contributed by atoms with Gasteiger partial charge in [-0.3, -0.25) is 14.7 Å². The molecule has 0 radical (unpaired) electrons. The smallest absolute Gasteiger partial charge is 0.0594 e. The number of rotatable bonds is 16. The number of piperazine rings is 2. The molecule has 0 unspecified atom stereocenters. The van der Waals surface area contributed by atoms with Crippen LogP contribution in [0.15, 0.2) is 0 Å². The minimum Gasteiger partial charge on any atom is -0.379 e. The molecule has 5 aliphatic rings. The van der Waals surface area contributed by atoms with Crippen LogP contribution in [0.25, 0.3) is 0 Å². The van der Waals surface area contributed by atoms with Gasteiger partial charge in [-0.25, -0.2) is 0 Å². The molecule has 5 aliphatic heterocycles. The fourth-order valence-electron chi connectivity index (χ4n) is 9.25. The number of likely N-dealkylation sites (N-methyl/N-ethyl adjacent to an activating group) is 2. The van der Waals surface area contributed by atoms with Gasteiger partial charge in [0.05, 0.1) is 13.2 Å². The van der Waals surface area contributed by atoms with Crippen LogP contribution in [0.1, 0.15) is 134 Å². The van der Waals surface area contributed by atoms with Crippen molar-refractivity contribution >= 4 is 0 Å². The number of hydrogen-bond acceptors (Lipinski definition) is 11. The van der Waals surface area contributed by atoms with Gasteiger partial charge in [-0.15, -0.1) is 0 Å². The first-order chi connectivity index (χ1) is 30.8. The van der Waals surface area contributed by atoms with E-state index in [2.05, 4.69) is 155 Å². The highest BCUT2D eigenvalue weighted by Gasteiger charge is 2.20. The number of piperidine rings is 2. The second kappa shape index (κ2) is 40.3. The quantitative estimate of drug-likeness (QED) is 0.165. The maximum Gasteiger partial charge on any atom is 0.0594 e. The van der Waals surface area contributed by atoms with E-state index in [0.717, 1.165) is 63.7 Å². The summed E-state index contributed by atoms with van der Waals surface area (Å²) in [7, 11) is 8.60. The van der Waals surface area contributed by atoms with E-state index in [1.165, 1.54) is 169 Å². The monoisotopic (exact) mass is 925 g/mol. The van der Waals surface area contributed by atoms with E-state index < -0.39 is 0 Å². The van der Waals surface area contributed by atoms with Gasteiger partial charge in [0.25, 0.3) is 0 Å². The molecule has 0 aromatic heterocycles. The average molecular weight is 926 g/mol. The molecule has 0 saturated carbocycles. The summed E-state index contributed by atoms with van der Waals surface area (Å²) in [6.07, 6.45) is 11.4. The van der Waals surface area contributed by atoms with Crippen LogP contribution in [0.4, 0.5) is 0 Å². The van der Waals surface area contributed by atoms with Gasteiger partial charge in [-0.05, 0) is 129 Å². The first kappa shape index (κ1) is 64.6. The van der Waals surface area contributed by atoms with Crippen molar-refractivity contribution in [2.24, 2.45) is 28.9 Å². The van der Waals surface area contributed by atoms with E-state index in [4.69, 9.17) is 10.5 Å². The summed E-state index contributed by atoms with van der Waals surface area (Å²) in [5.41, 5.74) is 6.74. The molecule has 5 saturated heterocycles. The lowest BCUT2D eigenvalue weighted by molar-refractivity contribution is 0.0329. The number of hydrogen-bond donors (Lipinski definition) is 1. The highest BCUT2D eigenvalue weighted by molar-refractivity contribution is 4.79. The lowest BCUT2D eigenvalue weighted by atomic mass is 9.97. The third kappa shape index (κ3) is 41.1. The molecule has 11 nitrogen and oxygen atoms in total. The third-order valence-corrected chi connectivity index (χ3v) is 12.6. The second-order valence-corrected chi connectivity index (χ2v) is 23.0. The third-order valence-electron chi connectivity index (χ3n) is 12.6. The van der Waals surface area contributed by atoms with Crippen LogP contribution in [0.5, 0.6) is 0 Å². The molecule has 5 fully saturated rings. The van der Waals surface area contributed by atoms with Gasteiger partial charge < -0.3 is 39.9 Å². The molecule has 0 aliphatic carbocycles. The molecule has 5 rings (SSSR count). The summed E-state index contributed by atoms with van der Waals surface area (Å²) >= 11 is 0. The van der Waals surface area contributed by atoms with Crippen molar-refractivity contribution in [1.82, 2.24) is 44.1 Å². The first-order valence-electron chi connectivity index (χ1n) is 27.5. The predicted molar refractivity (Wildman–Crippen MR) is 289 cm³/mol. The number of nitrogens with zero attached hydrogens (tertiary/aromatic N) is 9. The van der Waals surface area contributed by atoms with Crippen molar-refractivity contribution in [1.29, 1.82) is 0 Å². The largest absolute Gasteiger partial charge is 0.379 e. The fraction of sp³-hybridized carbons (Fsp3) is 1.00. The standard InChI is InChI=1S/C13H29N5.2C9H19N.C8H17NO.C8H19N.C7H17N/c1-15-3-7-17(8-4-15)11-13(14)12-18-9-5-16(2)6-10-18;1-9(2)8-10-6-4-3-5-7-10;1-2-3-7-10-8-5-4-6-9-10;1-8(2)7-9-3-5-10-6-4-9;1-5-9(6-2)7-8(3)4;1-7(2,3)6-8(4)5/h13H,3-12,14H2,1-2H3;9H,3-8H2,1-2H3;2-9H2,1H3;8H,3-7H2,1-2H3;8H,5-7H2,1-4H3;6H2,1-5H3. The van der Waals surface area contributed by atoms with Crippen molar-refractivity contribution in [3.8, 4) is 0 Å². The van der Waals surface area contributed by atoms with Crippen LogP contribution in [0, 0.1) is 23.2 Å². The Morgan fingerprint density at radius 3 is 1.20 bits per heavy atom. The Labute approximate surface area is 408 Å². The van der Waals surface area contributed by atoms with Crippen molar-refractivity contribution in [3.63, 3.8) is 0 Å². The lowest BCUT2D eigenvalue weighted by Gasteiger charge is -2.37. The van der Waals surface area contributed by atoms with E-state index in [0.29, 0.717) is 11.5 Å². The molecule has 2 N–H and O–H groups in total. The highest BCUT2D eigenvalue weighted by atomic mass is 16.5.